The van der Waals surface area contributed by atoms with Gasteiger partial charge in [0.05, 0.1) is 4.92 Å². The van der Waals surface area contributed by atoms with Gasteiger partial charge in [-0.1, -0.05) is 0 Å². The molecule has 1 aliphatic heterocycles. The third-order valence-corrected chi connectivity index (χ3v) is 5.71. The van der Waals surface area contributed by atoms with E-state index in [4.69, 9.17) is 0 Å². The van der Waals surface area contributed by atoms with Crippen LogP contribution in [0, 0.1) is 21.8 Å². The number of carbonyl (C=O) groups is 1. The van der Waals surface area contributed by atoms with Gasteiger partial charge in [-0.05, 0) is 46.3 Å². The molecule has 1 aromatic carbocycles. The molecule has 0 atom stereocenters. The molecule has 1 heterocycles. The highest BCUT2D eigenvalue weighted by Crippen LogP contribution is 2.21. The Balaban J connectivity index is 2.01. The summed E-state index contributed by atoms with van der Waals surface area (Å²) in [5, 5.41) is 13.5. The minimum Gasteiger partial charge on any atom is -0.352 e. The van der Waals surface area contributed by atoms with E-state index in [0.717, 1.165) is 18.2 Å². The minimum atomic E-state index is -1.98. The Labute approximate surface area is 127 Å². The second kappa shape index (κ2) is 6.43. The molecular weight excluding hydrogens is 311 g/mol. The smallest absolute Gasteiger partial charge is 0.282 e. The number of hydrogen-bond donors (Lipinski definition) is 1. The first-order valence-electron chi connectivity index (χ1n) is 6.83. The van der Waals surface area contributed by atoms with Gasteiger partial charge in [-0.2, -0.15) is 0 Å². The first-order valence-corrected chi connectivity index (χ1v) is 8.90. The lowest BCUT2D eigenvalue weighted by molar-refractivity contribution is -0.385. The predicted molar refractivity (Wildman–Crippen MR) is 83.1 cm³/mol. The fourth-order valence-corrected chi connectivity index (χ4v) is 4.12. The summed E-state index contributed by atoms with van der Waals surface area (Å²) in [6.45, 7) is 0.321. The van der Waals surface area contributed by atoms with Crippen LogP contribution in [0.3, 0.4) is 0 Å². The number of hydrogen-bond acceptors (Lipinski definition) is 4. The zero-order valence-electron chi connectivity index (χ0n) is 11.9. The zero-order valence-corrected chi connectivity index (χ0v) is 12.7. The SMILES string of the molecule is C=S1(=O)CCC(CNC(=O)c2cc(F)ccc2[N+](=O)[O-])CC1. The van der Waals surface area contributed by atoms with Crippen LogP contribution in [0.15, 0.2) is 18.2 Å². The Morgan fingerprint density at radius 3 is 2.68 bits per heavy atom. The van der Waals surface area contributed by atoms with Gasteiger partial charge in [-0.3, -0.25) is 19.1 Å². The molecule has 1 fully saturated rings. The van der Waals surface area contributed by atoms with Crippen molar-refractivity contribution in [2.45, 2.75) is 12.8 Å². The summed E-state index contributed by atoms with van der Waals surface area (Å²) in [4.78, 5) is 22.2. The van der Waals surface area contributed by atoms with E-state index in [1.54, 1.807) is 0 Å². The molecule has 6 nitrogen and oxygen atoms in total. The van der Waals surface area contributed by atoms with Crippen LogP contribution in [0.2, 0.25) is 0 Å². The van der Waals surface area contributed by atoms with Crippen LogP contribution in [0.4, 0.5) is 10.1 Å². The van der Waals surface area contributed by atoms with E-state index in [0.29, 0.717) is 30.9 Å². The molecule has 120 valence electrons. The minimum absolute atomic E-state index is 0.160. The van der Waals surface area contributed by atoms with Crippen molar-refractivity contribution in [3.8, 4) is 0 Å². The average molecular weight is 328 g/mol. The highest BCUT2D eigenvalue weighted by Gasteiger charge is 2.23. The molecular formula is C14H17FN2O4S. The summed E-state index contributed by atoms with van der Waals surface area (Å²) in [7, 11) is -1.98. The summed E-state index contributed by atoms with van der Waals surface area (Å²) in [6, 6.07) is 2.78. The molecule has 1 N–H and O–H groups in total. The Kier molecular flexibility index (Phi) is 4.80. The Morgan fingerprint density at radius 1 is 1.45 bits per heavy atom. The summed E-state index contributed by atoms with van der Waals surface area (Å²) in [5.41, 5.74) is -0.718. The molecule has 2 rings (SSSR count). The number of nitro benzene ring substituents is 1. The third-order valence-electron chi connectivity index (χ3n) is 3.75. The van der Waals surface area contributed by atoms with Crippen LogP contribution in [-0.4, -0.2) is 39.0 Å². The van der Waals surface area contributed by atoms with Crippen LogP contribution in [0.25, 0.3) is 0 Å². The normalized spacial score (nSPS) is 24.7. The third kappa shape index (κ3) is 4.03. The lowest BCUT2D eigenvalue weighted by atomic mass is 10.0. The number of amides is 1. The fraction of sp³-hybridized carbons (Fsp3) is 0.429. The number of rotatable bonds is 4. The molecule has 0 aromatic heterocycles. The van der Waals surface area contributed by atoms with Crippen molar-refractivity contribution in [2.75, 3.05) is 18.1 Å². The molecule has 1 amide bonds. The van der Waals surface area contributed by atoms with E-state index in [2.05, 4.69) is 11.2 Å². The lowest BCUT2D eigenvalue weighted by Gasteiger charge is -2.24. The molecule has 0 unspecified atom stereocenters. The molecule has 8 heteroatoms. The van der Waals surface area contributed by atoms with Gasteiger partial charge in [0, 0.05) is 24.1 Å². The van der Waals surface area contributed by atoms with E-state index in [1.165, 1.54) is 0 Å². The molecule has 0 spiro atoms. The Bertz CT molecular complexity index is 689. The zero-order chi connectivity index (χ0) is 16.3. The number of benzene rings is 1. The number of nitrogens with zero attached hydrogens (tertiary/aromatic N) is 1. The quantitative estimate of drug-likeness (QED) is 0.516. The second-order valence-corrected chi connectivity index (χ2v) is 8.19. The number of halogens is 1. The second-order valence-electron chi connectivity index (χ2n) is 5.45. The van der Waals surface area contributed by atoms with Crippen molar-refractivity contribution in [2.24, 2.45) is 5.92 Å². The van der Waals surface area contributed by atoms with Crippen molar-refractivity contribution in [3.63, 3.8) is 0 Å². The Hall–Kier alpha value is -1.96. The molecule has 1 aliphatic rings. The Morgan fingerprint density at radius 2 is 2.09 bits per heavy atom. The number of carbonyl (C=O) groups excluding carboxylic acids is 1. The topological polar surface area (TPSA) is 89.3 Å². The van der Waals surface area contributed by atoms with Crippen LogP contribution in [-0.2, 0) is 9.52 Å². The molecule has 22 heavy (non-hydrogen) atoms. The maximum Gasteiger partial charge on any atom is 0.282 e. The van der Waals surface area contributed by atoms with Gasteiger partial charge in [-0.15, -0.1) is 0 Å². The highest BCUT2D eigenvalue weighted by molar-refractivity contribution is 8.00. The van der Waals surface area contributed by atoms with Gasteiger partial charge >= 0.3 is 0 Å². The van der Waals surface area contributed by atoms with Gasteiger partial charge in [0.2, 0.25) is 0 Å². The van der Waals surface area contributed by atoms with Crippen LogP contribution >= 0.6 is 0 Å². The highest BCUT2D eigenvalue weighted by atomic mass is 32.2. The van der Waals surface area contributed by atoms with Gasteiger partial charge < -0.3 is 5.32 Å². The number of nitrogens with one attached hydrogen (secondary N) is 1. The average Bonchev–Trinajstić information content (AvgIpc) is 2.45. The maximum atomic E-state index is 13.2. The van der Waals surface area contributed by atoms with Crippen LogP contribution < -0.4 is 5.32 Å². The van der Waals surface area contributed by atoms with Crippen molar-refractivity contribution < 1.29 is 18.3 Å². The van der Waals surface area contributed by atoms with Crippen molar-refractivity contribution in [1.29, 1.82) is 0 Å². The molecule has 0 radical (unpaired) electrons. The standard InChI is InChI=1S/C14H17FN2O4S/c1-22(21)6-4-10(5-7-22)9-16-14(18)12-8-11(15)2-3-13(12)17(19)20/h2-3,8,10H,1,4-7,9H2,(H,16,18). The predicted octanol–water partition coefficient (Wildman–Crippen LogP) is 1.59. The molecule has 0 saturated carbocycles. The van der Waals surface area contributed by atoms with Crippen LogP contribution in [0.5, 0.6) is 0 Å². The molecule has 0 bridgehead atoms. The fourth-order valence-electron chi connectivity index (χ4n) is 2.40. The van der Waals surface area contributed by atoms with Gasteiger partial charge in [-0.25, -0.2) is 4.39 Å². The molecule has 1 saturated heterocycles. The monoisotopic (exact) mass is 328 g/mol. The lowest BCUT2D eigenvalue weighted by Crippen LogP contribution is -2.34. The molecule has 1 aromatic rings. The largest absolute Gasteiger partial charge is 0.352 e. The summed E-state index contributed by atoms with van der Waals surface area (Å²) < 4.78 is 25.0. The first kappa shape index (κ1) is 16.4. The summed E-state index contributed by atoms with van der Waals surface area (Å²) in [6.07, 6.45) is 1.38. The first-order chi connectivity index (χ1) is 10.3. The maximum absolute atomic E-state index is 13.2. The van der Waals surface area contributed by atoms with Gasteiger partial charge in [0.25, 0.3) is 11.6 Å². The van der Waals surface area contributed by atoms with E-state index >= 15 is 0 Å². The van der Waals surface area contributed by atoms with Crippen LogP contribution in [0.1, 0.15) is 23.2 Å². The summed E-state index contributed by atoms with van der Waals surface area (Å²) >= 11 is 0. The van der Waals surface area contributed by atoms with Crippen molar-refractivity contribution in [1.82, 2.24) is 5.32 Å². The van der Waals surface area contributed by atoms with E-state index in [9.17, 15) is 23.5 Å². The van der Waals surface area contributed by atoms with Crippen molar-refractivity contribution in [3.05, 3.63) is 39.7 Å². The van der Waals surface area contributed by atoms with Crippen molar-refractivity contribution >= 4 is 27.0 Å². The number of nitro groups is 1. The van der Waals surface area contributed by atoms with E-state index in [1.807, 2.05) is 0 Å². The summed E-state index contributed by atoms with van der Waals surface area (Å²) in [5.74, 6) is 3.50. The van der Waals surface area contributed by atoms with E-state index < -0.39 is 31.9 Å². The van der Waals surface area contributed by atoms with Gasteiger partial charge in [0.15, 0.2) is 0 Å². The molecule has 0 aliphatic carbocycles. The van der Waals surface area contributed by atoms with E-state index in [-0.39, 0.29) is 11.5 Å². The van der Waals surface area contributed by atoms with Gasteiger partial charge in [0.1, 0.15) is 11.4 Å².